The fraction of sp³-hybridized carbons (Fsp3) is 0.333. The second-order valence-corrected chi connectivity index (χ2v) is 6.51. The summed E-state index contributed by atoms with van der Waals surface area (Å²) in [5.74, 6) is 0.551. The quantitative estimate of drug-likeness (QED) is 0.798. The maximum absolute atomic E-state index is 12.6. The van der Waals surface area contributed by atoms with E-state index in [9.17, 15) is 13.2 Å². The summed E-state index contributed by atoms with van der Waals surface area (Å²) in [6.45, 7) is 4.67. The Morgan fingerprint density at radius 2 is 1.77 bits per heavy atom. The number of nitrogens with one attached hydrogen (secondary N) is 1. The molecule has 1 fully saturated rings. The van der Waals surface area contributed by atoms with E-state index in [0.717, 1.165) is 23.5 Å². The van der Waals surface area contributed by atoms with Gasteiger partial charge in [0.1, 0.15) is 5.82 Å². The summed E-state index contributed by atoms with van der Waals surface area (Å²) in [5.41, 5.74) is 1.36. The maximum Gasteiger partial charge on any atom is 0.417 e. The summed E-state index contributed by atoms with van der Waals surface area (Å²) in [4.78, 5) is 7.98. The zero-order valence-corrected chi connectivity index (χ0v) is 15.1. The lowest BCUT2D eigenvalue weighted by atomic mass is 10.2. The van der Waals surface area contributed by atoms with Crippen molar-refractivity contribution in [2.75, 3.05) is 36.4 Å². The van der Waals surface area contributed by atoms with Crippen molar-refractivity contribution in [1.82, 2.24) is 9.88 Å². The molecule has 1 aliphatic heterocycles. The highest BCUT2D eigenvalue weighted by atomic mass is 32.1. The average molecular weight is 380 g/mol. The van der Waals surface area contributed by atoms with Gasteiger partial charge in [0.2, 0.25) is 0 Å². The summed E-state index contributed by atoms with van der Waals surface area (Å²) in [7, 11) is 0. The first-order valence-electron chi connectivity index (χ1n) is 8.24. The molecule has 26 heavy (non-hydrogen) atoms. The van der Waals surface area contributed by atoms with Crippen LogP contribution in [0.25, 0.3) is 0 Å². The van der Waals surface area contributed by atoms with Gasteiger partial charge in [0.15, 0.2) is 5.11 Å². The predicted molar refractivity (Wildman–Crippen MR) is 100 cm³/mol. The van der Waals surface area contributed by atoms with Gasteiger partial charge in [0, 0.05) is 38.1 Å². The normalized spacial score (nSPS) is 15.1. The standard InChI is InChI=1S/C18H19F3N4S/c1-13-4-2-3-5-15(13)23-17(26)25-10-8-24(9-11-25)16-7-6-14(12-22-16)18(19,20)21/h2-7,12H,8-11H2,1H3,(H,23,26). The molecule has 3 rings (SSSR count). The van der Waals surface area contributed by atoms with Crippen molar-refractivity contribution >= 4 is 28.8 Å². The van der Waals surface area contributed by atoms with E-state index in [4.69, 9.17) is 12.2 Å². The predicted octanol–water partition coefficient (Wildman–Crippen LogP) is 3.93. The topological polar surface area (TPSA) is 31.4 Å². The number of para-hydroxylation sites is 1. The Bertz CT molecular complexity index is 769. The minimum atomic E-state index is -4.36. The third-order valence-corrected chi connectivity index (χ3v) is 4.71. The Labute approximate surface area is 155 Å². The molecule has 8 heteroatoms. The molecule has 0 bridgehead atoms. The van der Waals surface area contributed by atoms with Gasteiger partial charge in [-0.3, -0.25) is 0 Å². The number of halogens is 3. The molecule has 2 aromatic rings. The van der Waals surface area contributed by atoms with E-state index in [1.807, 2.05) is 36.1 Å². The largest absolute Gasteiger partial charge is 0.417 e. The Balaban J connectivity index is 1.57. The number of benzene rings is 1. The first kappa shape index (κ1) is 18.4. The van der Waals surface area contributed by atoms with Gasteiger partial charge >= 0.3 is 6.18 Å². The second-order valence-electron chi connectivity index (χ2n) is 6.12. The van der Waals surface area contributed by atoms with E-state index in [0.29, 0.717) is 37.1 Å². The number of nitrogens with zero attached hydrogens (tertiary/aromatic N) is 3. The Morgan fingerprint density at radius 3 is 2.35 bits per heavy atom. The highest BCUT2D eigenvalue weighted by Crippen LogP contribution is 2.29. The van der Waals surface area contributed by atoms with Crippen molar-refractivity contribution in [3.63, 3.8) is 0 Å². The third-order valence-electron chi connectivity index (χ3n) is 4.35. The summed E-state index contributed by atoms with van der Waals surface area (Å²) in [6.07, 6.45) is -3.48. The van der Waals surface area contributed by atoms with Crippen LogP contribution < -0.4 is 10.2 Å². The molecule has 138 valence electrons. The molecular weight excluding hydrogens is 361 g/mol. The number of thiocarbonyl (C=S) groups is 1. The van der Waals surface area contributed by atoms with Crippen molar-refractivity contribution < 1.29 is 13.2 Å². The number of pyridine rings is 1. The molecule has 0 unspecified atom stereocenters. The molecule has 0 aliphatic carbocycles. The molecule has 1 aromatic carbocycles. The summed E-state index contributed by atoms with van der Waals surface area (Å²) in [5, 5.41) is 3.91. The fourth-order valence-electron chi connectivity index (χ4n) is 2.79. The minimum Gasteiger partial charge on any atom is -0.353 e. The molecule has 1 aliphatic rings. The molecule has 0 amide bonds. The van der Waals surface area contributed by atoms with E-state index in [1.54, 1.807) is 0 Å². The van der Waals surface area contributed by atoms with Crippen LogP contribution in [0.5, 0.6) is 0 Å². The molecule has 1 saturated heterocycles. The Kier molecular flexibility index (Phi) is 5.31. The van der Waals surface area contributed by atoms with Gasteiger partial charge in [-0.2, -0.15) is 13.2 Å². The lowest BCUT2D eigenvalue weighted by Crippen LogP contribution is -2.50. The highest BCUT2D eigenvalue weighted by Gasteiger charge is 2.31. The number of hydrogen-bond acceptors (Lipinski definition) is 3. The number of alkyl halides is 3. The Hall–Kier alpha value is -2.35. The molecule has 4 nitrogen and oxygen atoms in total. The van der Waals surface area contributed by atoms with Crippen molar-refractivity contribution in [2.24, 2.45) is 0 Å². The van der Waals surface area contributed by atoms with Crippen LogP contribution in [-0.4, -0.2) is 41.2 Å². The smallest absolute Gasteiger partial charge is 0.353 e. The third kappa shape index (κ3) is 4.24. The fourth-order valence-corrected chi connectivity index (χ4v) is 3.08. The SMILES string of the molecule is Cc1ccccc1NC(=S)N1CCN(c2ccc(C(F)(F)F)cn2)CC1. The van der Waals surface area contributed by atoms with Crippen LogP contribution in [0.3, 0.4) is 0 Å². The zero-order valence-electron chi connectivity index (χ0n) is 14.3. The van der Waals surface area contributed by atoms with Crippen LogP contribution in [0.4, 0.5) is 24.7 Å². The van der Waals surface area contributed by atoms with E-state index in [1.165, 1.54) is 6.07 Å². The number of hydrogen-bond donors (Lipinski definition) is 1. The lowest BCUT2D eigenvalue weighted by molar-refractivity contribution is -0.137. The first-order valence-corrected chi connectivity index (χ1v) is 8.65. The monoisotopic (exact) mass is 380 g/mol. The van der Waals surface area contributed by atoms with Crippen LogP contribution in [-0.2, 0) is 6.18 Å². The van der Waals surface area contributed by atoms with Crippen LogP contribution in [0.2, 0.25) is 0 Å². The van der Waals surface area contributed by atoms with Crippen molar-refractivity contribution in [1.29, 1.82) is 0 Å². The van der Waals surface area contributed by atoms with Crippen molar-refractivity contribution in [3.8, 4) is 0 Å². The van der Waals surface area contributed by atoms with Crippen LogP contribution in [0, 0.1) is 6.92 Å². The minimum absolute atomic E-state index is 0.551. The molecule has 1 N–H and O–H groups in total. The first-order chi connectivity index (χ1) is 12.3. The van der Waals surface area contributed by atoms with E-state index in [2.05, 4.69) is 15.2 Å². The number of aryl methyl sites for hydroxylation is 1. The van der Waals surface area contributed by atoms with Crippen molar-refractivity contribution in [2.45, 2.75) is 13.1 Å². The van der Waals surface area contributed by atoms with Crippen LogP contribution in [0.15, 0.2) is 42.6 Å². The molecule has 2 heterocycles. The molecule has 0 atom stereocenters. The maximum atomic E-state index is 12.6. The van der Waals surface area contributed by atoms with Gasteiger partial charge in [-0.25, -0.2) is 4.98 Å². The van der Waals surface area contributed by atoms with Gasteiger partial charge in [0.05, 0.1) is 5.56 Å². The number of aromatic nitrogens is 1. The van der Waals surface area contributed by atoms with E-state index >= 15 is 0 Å². The van der Waals surface area contributed by atoms with E-state index in [-0.39, 0.29) is 0 Å². The molecule has 0 saturated carbocycles. The van der Waals surface area contributed by atoms with Gasteiger partial charge in [0.25, 0.3) is 0 Å². The summed E-state index contributed by atoms with van der Waals surface area (Å²) < 4.78 is 37.9. The van der Waals surface area contributed by atoms with Crippen LogP contribution >= 0.6 is 12.2 Å². The van der Waals surface area contributed by atoms with Crippen molar-refractivity contribution in [3.05, 3.63) is 53.7 Å². The summed E-state index contributed by atoms with van der Waals surface area (Å²) >= 11 is 5.48. The number of anilines is 2. The van der Waals surface area contributed by atoms with Gasteiger partial charge in [-0.15, -0.1) is 0 Å². The van der Waals surface area contributed by atoms with E-state index < -0.39 is 11.7 Å². The highest BCUT2D eigenvalue weighted by molar-refractivity contribution is 7.80. The number of rotatable bonds is 2. The number of piperazine rings is 1. The zero-order chi connectivity index (χ0) is 18.7. The van der Waals surface area contributed by atoms with Gasteiger partial charge < -0.3 is 15.1 Å². The molecular formula is C18H19F3N4S. The molecule has 1 aromatic heterocycles. The second kappa shape index (κ2) is 7.49. The molecule has 0 radical (unpaired) electrons. The lowest BCUT2D eigenvalue weighted by Gasteiger charge is -2.37. The molecule has 0 spiro atoms. The van der Waals surface area contributed by atoms with Gasteiger partial charge in [-0.05, 0) is 42.9 Å². The average Bonchev–Trinajstić information content (AvgIpc) is 2.63. The van der Waals surface area contributed by atoms with Gasteiger partial charge in [-0.1, -0.05) is 18.2 Å². The summed E-state index contributed by atoms with van der Waals surface area (Å²) in [6, 6.07) is 10.4. The Morgan fingerprint density at radius 1 is 1.08 bits per heavy atom. The van der Waals surface area contributed by atoms with Crippen LogP contribution in [0.1, 0.15) is 11.1 Å².